The van der Waals surface area contributed by atoms with Gasteiger partial charge in [0.1, 0.15) is 16.2 Å². The molecule has 0 N–H and O–H groups in total. The van der Waals surface area contributed by atoms with E-state index in [1.807, 2.05) is 31.3 Å². The number of ketones is 1. The van der Waals surface area contributed by atoms with Crippen molar-refractivity contribution in [3.05, 3.63) is 84.3 Å². The molecule has 0 bridgehead atoms. The van der Waals surface area contributed by atoms with Gasteiger partial charge in [0, 0.05) is 40.2 Å². The largest absolute Gasteiger partial charge is 0.347 e. The van der Waals surface area contributed by atoms with Crippen LogP contribution >= 0.6 is 23.1 Å². The number of likely N-dealkylation sites (N-methyl/N-ethyl adjacent to an activating group) is 1. The number of thioether (sulfide) groups is 1. The molecular weight excluding hydrogens is 434 g/mol. The average Bonchev–Trinajstić information content (AvgIpc) is 3.33. The molecule has 0 aliphatic carbocycles. The molecule has 2 aromatic carbocycles. The lowest BCUT2D eigenvalue weighted by Gasteiger charge is -2.23. The molecule has 4 nitrogen and oxygen atoms in total. The van der Waals surface area contributed by atoms with E-state index >= 15 is 0 Å². The fourth-order valence-corrected chi connectivity index (χ4v) is 6.15. The zero-order valence-corrected chi connectivity index (χ0v) is 19.8. The number of aromatic nitrogens is 2. The maximum atomic E-state index is 13.0. The minimum absolute atomic E-state index is 0.0861. The van der Waals surface area contributed by atoms with Gasteiger partial charge in [-0.2, -0.15) is 0 Å². The second kappa shape index (κ2) is 8.19. The van der Waals surface area contributed by atoms with Crippen molar-refractivity contribution in [1.29, 1.82) is 0 Å². The molecule has 3 heterocycles. The molecule has 0 saturated carbocycles. The monoisotopic (exact) mass is 457 g/mol. The number of nitrogens with zero attached hydrogens (tertiary/aromatic N) is 3. The molecule has 32 heavy (non-hydrogen) atoms. The minimum atomic E-state index is -0.203. The van der Waals surface area contributed by atoms with Crippen LogP contribution in [0.3, 0.4) is 0 Å². The van der Waals surface area contributed by atoms with Gasteiger partial charge in [-0.3, -0.25) is 4.79 Å². The first-order valence-corrected chi connectivity index (χ1v) is 12.3. The Morgan fingerprint density at radius 2 is 1.84 bits per heavy atom. The van der Waals surface area contributed by atoms with Crippen LogP contribution in [0.4, 0.5) is 5.69 Å². The number of allylic oxidation sites excluding steroid dienone is 2. The predicted molar refractivity (Wildman–Crippen MR) is 135 cm³/mol. The Morgan fingerprint density at radius 3 is 2.62 bits per heavy atom. The maximum absolute atomic E-state index is 13.0. The smallest absolute Gasteiger partial charge is 0.167 e. The van der Waals surface area contributed by atoms with Crippen LogP contribution in [-0.4, -0.2) is 28.6 Å². The van der Waals surface area contributed by atoms with E-state index in [2.05, 4.69) is 65.1 Å². The summed E-state index contributed by atoms with van der Waals surface area (Å²) in [5.74, 6) is 0.426. The van der Waals surface area contributed by atoms with Gasteiger partial charge in [0.25, 0.3) is 0 Å². The molecule has 1 aliphatic rings. The van der Waals surface area contributed by atoms with Crippen molar-refractivity contribution in [2.24, 2.45) is 0 Å². The van der Waals surface area contributed by atoms with Crippen LogP contribution in [0, 0.1) is 0 Å². The summed E-state index contributed by atoms with van der Waals surface area (Å²) in [6, 6.07) is 20.7. The van der Waals surface area contributed by atoms with E-state index in [9.17, 15) is 4.79 Å². The number of para-hydroxylation sites is 1. The van der Waals surface area contributed by atoms with Gasteiger partial charge < -0.3 is 4.90 Å². The molecule has 6 heteroatoms. The number of hydrogen-bond acceptors (Lipinski definition) is 6. The number of carbonyl (C=O) groups is 1. The lowest BCUT2D eigenvalue weighted by atomic mass is 9.83. The molecule has 1 aliphatic heterocycles. The standard InChI is InChI=1S/C26H23N3OS2/c1-26(2)20-11-7-8-12-21(20)29(3)23(26)13-18(30)15-31-24-19-14-22(17-9-5-4-6-10-17)32-25(19)28-16-27-24/h4-14,16H,15H2,1-3H3/b23-13-. The zero-order chi connectivity index (χ0) is 22.3. The quantitative estimate of drug-likeness (QED) is 0.199. The van der Waals surface area contributed by atoms with Crippen LogP contribution in [0.1, 0.15) is 19.4 Å². The Hall–Kier alpha value is -2.96. The van der Waals surface area contributed by atoms with Gasteiger partial charge in [-0.15, -0.1) is 11.3 Å². The van der Waals surface area contributed by atoms with Crippen molar-refractivity contribution in [3.63, 3.8) is 0 Å². The second-order valence-corrected chi connectivity index (χ2v) is 10.4. The molecule has 0 radical (unpaired) electrons. The van der Waals surface area contributed by atoms with Crippen LogP contribution in [0.2, 0.25) is 0 Å². The fourth-order valence-electron chi connectivity index (χ4n) is 4.29. The van der Waals surface area contributed by atoms with Crippen molar-refractivity contribution >= 4 is 44.8 Å². The molecule has 5 rings (SSSR count). The van der Waals surface area contributed by atoms with E-state index in [0.717, 1.165) is 31.5 Å². The second-order valence-electron chi connectivity index (χ2n) is 8.36. The summed E-state index contributed by atoms with van der Waals surface area (Å²) in [6.07, 6.45) is 3.39. The van der Waals surface area contributed by atoms with Crippen LogP contribution in [0.5, 0.6) is 0 Å². The summed E-state index contributed by atoms with van der Waals surface area (Å²) in [5.41, 5.74) is 4.40. The number of anilines is 1. The van der Waals surface area contributed by atoms with Crippen molar-refractivity contribution < 1.29 is 4.79 Å². The first kappa shape index (κ1) is 20.9. The summed E-state index contributed by atoms with van der Waals surface area (Å²) in [7, 11) is 2.03. The summed E-state index contributed by atoms with van der Waals surface area (Å²) in [6.45, 7) is 4.35. The van der Waals surface area contributed by atoms with E-state index in [-0.39, 0.29) is 11.2 Å². The van der Waals surface area contributed by atoms with Gasteiger partial charge >= 0.3 is 0 Å². The van der Waals surface area contributed by atoms with E-state index in [0.29, 0.717) is 5.75 Å². The zero-order valence-electron chi connectivity index (χ0n) is 18.2. The molecule has 2 aromatic heterocycles. The molecule has 4 aromatic rings. The Labute approximate surface area is 196 Å². The Balaban J connectivity index is 1.37. The molecular formula is C26H23N3OS2. The van der Waals surface area contributed by atoms with Crippen LogP contribution in [0.25, 0.3) is 20.7 Å². The highest BCUT2D eigenvalue weighted by Crippen LogP contribution is 2.46. The number of carbonyl (C=O) groups excluding carboxylic acids is 1. The number of fused-ring (bicyclic) bond motifs is 2. The van der Waals surface area contributed by atoms with Gasteiger partial charge in [-0.05, 0) is 23.3 Å². The molecule has 0 unspecified atom stereocenters. The van der Waals surface area contributed by atoms with E-state index < -0.39 is 0 Å². The Bertz CT molecular complexity index is 1340. The molecule has 0 atom stereocenters. The van der Waals surface area contributed by atoms with Gasteiger partial charge in [-0.1, -0.05) is 74.1 Å². The SMILES string of the molecule is CN1/C(=C\C(=O)CSc2ncnc3sc(-c4ccccc4)cc23)C(C)(C)c2ccccc21. The average molecular weight is 458 g/mol. The van der Waals surface area contributed by atoms with Gasteiger partial charge in [0.2, 0.25) is 0 Å². The maximum Gasteiger partial charge on any atom is 0.167 e. The summed E-state index contributed by atoms with van der Waals surface area (Å²) >= 11 is 3.13. The van der Waals surface area contributed by atoms with Crippen molar-refractivity contribution in [2.75, 3.05) is 17.7 Å². The summed E-state index contributed by atoms with van der Waals surface area (Å²) in [4.78, 5) is 26.1. The third-order valence-electron chi connectivity index (χ3n) is 5.94. The molecule has 0 fully saturated rings. The van der Waals surface area contributed by atoms with Gasteiger partial charge in [-0.25, -0.2) is 9.97 Å². The highest BCUT2D eigenvalue weighted by atomic mass is 32.2. The van der Waals surface area contributed by atoms with Gasteiger partial charge in [0.05, 0.1) is 5.75 Å². The fraction of sp³-hybridized carbons (Fsp3) is 0.192. The summed E-state index contributed by atoms with van der Waals surface area (Å²) < 4.78 is 0. The highest BCUT2D eigenvalue weighted by molar-refractivity contribution is 8.00. The predicted octanol–water partition coefficient (Wildman–Crippen LogP) is 6.33. The molecule has 0 spiro atoms. The molecule has 0 amide bonds. The molecule has 160 valence electrons. The van der Waals surface area contributed by atoms with E-state index in [4.69, 9.17) is 0 Å². The third kappa shape index (κ3) is 3.63. The van der Waals surface area contributed by atoms with E-state index in [1.54, 1.807) is 23.7 Å². The van der Waals surface area contributed by atoms with Crippen molar-refractivity contribution in [3.8, 4) is 10.4 Å². The number of thiophene rings is 1. The number of rotatable bonds is 5. The lowest BCUT2D eigenvalue weighted by molar-refractivity contribution is -0.112. The van der Waals surface area contributed by atoms with E-state index in [1.165, 1.54) is 22.9 Å². The third-order valence-corrected chi connectivity index (χ3v) is 8.06. The highest BCUT2D eigenvalue weighted by Gasteiger charge is 2.38. The normalized spacial score (nSPS) is 16.0. The molecule has 0 saturated heterocycles. The number of hydrogen-bond donors (Lipinski definition) is 0. The van der Waals surface area contributed by atoms with Crippen LogP contribution in [-0.2, 0) is 10.2 Å². The summed E-state index contributed by atoms with van der Waals surface area (Å²) in [5, 5.41) is 1.86. The number of benzene rings is 2. The Kier molecular flexibility index (Phi) is 5.35. The van der Waals surface area contributed by atoms with Crippen molar-refractivity contribution in [2.45, 2.75) is 24.3 Å². The van der Waals surface area contributed by atoms with Crippen molar-refractivity contribution in [1.82, 2.24) is 9.97 Å². The first-order valence-electron chi connectivity index (χ1n) is 10.5. The van der Waals surface area contributed by atoms with Crippen LogP contribution < -0.4 is 4.90 Å². The lowest BCUT2D eigenvalue weighted by Crippen LogP contribution is -2.24. The topological polar surface area (TPSA) is 46.1 Å². The van der Waals surface area contributed by atoms with Gasteiger partial charge in [0.15, 0.2) is 5.78 Å². The Morgan fingerprint density at radius 1 is 1.09 bits per heavy atom. The minimum Gasteiger partial charge on any atom is -0.347 e. The first-order chi connectivity index (χ1) is 15.4. The van der Waals surface area contributed by atoms with Crippen LogP contribution in [0.15, 0.2) is 83.8 Å².